The van der Waals surface area contributed by atoms with E-state index in [1.54, 1.807) is 0 Å². The standard InChI is InChI=1S/C20H27N5O2/c21-20-22-18(15-12-16(26)13-15)14-19(23-20)25-8-6-24(7-9-25)10-11-27-17-4-2-1-3-5-17/h1-5,14-16,26H,6-13H2,(H2,21,22,23). The average Bonchev–Trinajstić information content (AvgIpc) is 2.66. The number of aliphatic hydroxyl groups excluding tert-OH is 1. The van der Waals surface area contributed by atoms with Gasteiger partial charge in [-0.1, -0.05) is 18.2 Å². The first-order valence-electron chi connectivity index (χ1n) is 9.65. The maximum absolute atomic E-state index is 9.54. The van der Waals surface area contributed by atoms with Crippen molar-refractivity contribution in [3.8, 4) is 5.75 Å². The van der Waals surface area contributed by atoms with E-state index in [2.05, 4.69) is 19.8 Å². The number of piperazine rings is 1. The monoisotopic (exact) mass is 369 g/mol. The number of benzene rings is 1. The fourth-order valence-corrected chi connectivity index (χ4v) is 3.68. The molecule has 0 unspecified atom stereocenters. The highest BCUT2D eigenvalue weighted by Gasteiger charge is 2.30. The van der Waals surface area contributed by atoms with E-state index in [9.17, 15) is 5.11 Å². The maximum Gasteiger partial charge on any atom is 0.222 e. The molecule has 2 aromatic rings. The second kappa shape index (κ2) is 8.10. The van der Waals surface area contributed by atoms with Gasteiger partial charge in [0.2, 0.25) is 5.95 Å². The molecule has 1 aliphatic heterocycles. The van der Waals surface area contributed by atoms with Gasteiger partial charge in [0.1, 0.15) is 18.2 Å². The zero-order valence-electron chi connectivity index (χ0n) is 15.5. The number of hydrogen-bond donors (Lipinski definition) is 2. The Labute approximate surface area is 159 Å². The summed E-state index contributed by atoms with van der Waals surface area (Å²) in [6, 6.07) is 12.0. The Balaban J connectivity index is 1.27. The molecule has 2 aliphatic rings. The van der Waals surface area contributed by atoms with E-state index in [4.69, 9.17) is 10.5 Å². The van der Waals surface area contributed by atoms with Gasteiger partial charge in [0.25, 0.3) is 0 Å². The number of hydrogen-bond acceptors (Lipinski definition) is 7. The van der Waals surface area contributed by atoms with Gasteiger partial charge >= 0.3 is 0 Å². The van der Waals surface area contributed by atoms with Gasteiger partial charge < -0.3 is 20.5 Å². The summed E-state index contributed by atoms with van der Waals surface area (Å²) in [7, 11) is 0. The van der Waals surface area contributed by atoms with Crippen LogP contribution in [0.3, 0.4) is 0 Å². The van der Waals surface area contributed by atoms with Gasteiger partial charge in [-0.25, -0.2) is 4.98 Å². The molecule has 2 heterocycles. The number of nitrogen functional groups attached to an aromatic ring is 1. The van der Waals surface area contributed by atoms with Crippen LogP contribution in [0, 0.1) is 0 Å². The van der Waals surface area contributed by atoms with E-state index in [1.807, 2.05) is 36.4 Å². The van der Waals surface area contributed by atoms with Crippen LogP contribution < -0.4 is 15.4 Å². The molecule has 0 atom stereocenters. The summed E-state index contributed by atoms with van der Waals surface area (Å²) in [5.41, 5.74) is 6.89. The average molecular weight is 369 g/mol. The van der Waals surface area contributed by atoms with Crippen molar-refractivity contribution in [2.75, 3.05) is 50.0 Å². The Hall–Kier alpha value is -2.38. The van der Waals surface area contributed by atoms with Crippen LogP contribution in [-0.4, -0.2) is 65.4 Å². The lowest BCUT2D eigenvalue weighted by Crippen LogP contribution is -2.48. The summed E-state index contributed by atoms with van der Waals surface area (Å²) in [6.07, 6.45) is 1.34. The summed E-state index contributed by atoms with van der Waals surface area (Å²) in [5, 5.41) is 9.54. The molecule has 27 heavy (non-hydrogen) atoms. The van der Waals surface area contributed by atoms with Gasteiger partial charge in [-0.15, -0.1) is 0 Å². The highest BCUT2D eigenvalue weighted by atomic mass is 16.5. The van der Waals surface area contributed by atoms with Crippen molar-refractivity contribution in [1.29, 1.82) is 0 Å². The first-order valence-corrected chi connectivity index (χ1v) is 9.65. The fraction of sp³-hybridized carbons (Fsp3) is 0.500. The van der Waals surface area contributed by atoms with Crippen molar-refractivity contribution in [3.05, 3.63) is 42.1 Å². The van der Waals surface area contributed by atoms with Crippen LogP contribution in [0.1, 0.15) is 24.5 Å². The van der Waals surface area contributed by atoms with Gasteiger partial charge in [-0.2, -0.15) is 4.98 Å². The zero-order valence-corrected chi connectivity index (χ0v) is 15.5. The molecule has 4 rings (SSSR count). The molecule has 3 N–H and O–H groups in total. The van der Waals surface area contributed by atoms with Gasteiger partial charge in [-0.3, -0.25) is 4.90 Å². The number of nitrogens with zero attached hydrogens (tertiary/aromatic N) is 4. The molecule has 2 fully saturated rings. The summed E-state index contributed by atoms with van der Waals surface area (Å²) in [4.78, 5) is 13.5. The number of rotatable bonds is 6. The first kappa shape index (κ1) is 18.0. The van der Waals surface area contributed by atoms with E-state index in [0.29, 0.717) is 18.5 Å². The number of nitrogens with two attached hydrogens (primary N) is 1. The lowest BCUT2D eigenvalue weighted by molar-refractivity contribution is 0.0732. The van der Waals surface area contributed by atoms with Gasteiger partial charge in [0.05, 0.1) is 11.8 Å². The van der Waals surface area contributed by atoms with E-state index in [1.165, 1.54) is 0 Å². The minimum atomic E-state index is -0.198. The van der Waals surface area contributed by atoms with Crippen molar-refractivity contribution in [2.24, 2.45) is 0 Å². The fourth-order valence-electron chi connectivity index (χ4n) is 3.68. The highest BCUT2D eigenvalue weighted by molar-refractivity contribution is 5.45. The predicted octanol–water partition coefficient (Wildman–Crippen LogP) is 1.50. The summed E-state index contributed by atoms with van der Waals surface area (Å²) >= 11 is 0. The third-order valence-electron chi connectivity index (χ3n) is 5.40. The number of anilines is 2. The molecule has 0 bridgehead atoms. The Kier molecular flexibility index (Phi) is 5.40. The molecule has 0 radical (unpaired) electrons. The van der Waals surface area contributed by atoms with Crippen LogP contribution in [0.2, 0.25) is 0 Å². The van der Waals surface area contributed by atoms with Crippen molar-refractivity contribution in [2.45, 2.75) is 24.9 Å². The first-order chi connectivity index (χ1) is 13.2. The normalized spacial score (nSPS) is 23.1. The molecule has 1 saturated carbocycles. The zero-order chi connectivity index (χ0) is 18.6. The SMILES string of the molecule is Nc1nc(C2CC(O)C2)cc(N2CCN(CCOc3ccccc3)CC2)n1. The maximum atomic E-state index is 9.54. The van der Waals surface area contributed by atoms with E-state index >= 15 is 0 Å². The topological polar surface area (TPSA) is 87.7 Å². The van der Waals surface area contributed by atoms with Crippen molar-refractivity contribution >= 4 is 11.8 Å². The van der Waals surface area contributed by atoms with Crippen molar-refractivity contribution in [3.63, 3.8) is 0 Å². The number of ether oxygens (including phenoxy) is 1. The molecule has 0 amide bonds. The molecular formula is C20H27N5O2. The van der Waals surface area contributed by atoms with E-state index in [-0.39, 0.29) is 6.10 Å². The lowest BCUT2D eigenvalue weighted by Gasteiger charge is -2.36. The molecule has 7 heteroatoms. The summed E-state index contributed by atoms with van der Waals surface area (Å²) in [5.74, 6) is 2.45. The van der Waals surface area contributed by atoms with E-state index < -0.39 is 0 Å². The van der Waals surface area contributed by atoms with Crippen molar-refractivity contribution in [1.82, 2.24) is 14.9 Å². The lowest BCUT2D eigenvalue weighted by atomic mass is 9.80. The Bertz CT molecular complexity index is 743. The number of para-hydroxylation sites is 1. The smallest absolute Gasteiger partial charge is 0.222 e. The highest BCUT2D eigenvalue weighted by Crippen LogP contribution is 2.37. The largest absolute Gasteiger partial charge is 0.492 e. The minimum Gasteiger partial charge on any atom is -0.492 e. The summed E-state index contributed by atoms with van der Waals surface area (Å²) in [6.45, 7) is 5.38. The Morgan fingerprint density at radius 3 is 2.52 bits per heavy atom. The molecule has 1 saturated heterocycles. The second-order valence-corrected chi connectivity index (χ2v) is 7.32. The van der Waals surface area contributed by atoms with E-state index in [0.717, 1.165) is 62.8 Å². The third kappa shape index (κ3) is 4.48. The van der Waals surface area contributed by atoms with Crippen LogP contribution in [0.25, 0.3) is 0 Å². The number of aromatic nitrogens is 2. The van der Waals surface area contributed by atoms with Crippen LogP contribution in [-0.2, 0) is 0 Å². The van der Waals surface area contributed by atoms with Gasteiger partial charge in [0.15, 0.2) is 0 Å². The summed E-state index contributed by atoms with van der Waals surface area (Å²) < 4.78 is 5.79. The third-order valence-corrected chi connectivity index (χ3v) is 5.40. The van der Waals surface area contributed by atoms with Gasteiger partial charge in [-0.05, 0) is 25.0 Å². The predicted molar refractivity (Wildman–Crippen MR) is 105 cm³/mol. The van der Waals surface area contributed by atoms with Gasteiger partial charge in [0, 0.05) is 44.7 Å². The van der Waals surface area contributed by atoms with Crippen LogP contribution in [0.15, 0.2) is 36.4 Å². The molecular weight excluding hydrogens is 342 g/mol. The van der Waals surface area contributed by atoms with Crippen LogP contribution in [0.5, 0.6) is 5.75 Å². The molecule has 1 aromatic heterocycles. The second-order valence-electron chi connectivity index (χ2n) is 7.32. The molecule has 0 spiro atoms. The molecule has 1 aromatic carbocycles. The Morgan fingerprint density at radius 2 is 1.81 bits per heavy atom. The van der Waals surface area contributed by atoms with Crippen LogP contribution in [0.4, 0.5) is 11.8 Å². The van der Waals surface area contributed by atoms with Crippen molar-refractivity contribution < 1.29 is 9.84 Å². The quantitative estimate of drug-likeness (QED) is 0.798. The number of aliphatic hydroxyl groups is 1. The molecule has 7 nitrogen and oxygen atoms in total. The Morgan fingerprint density at radius 1 is 1.07 bits per heavy atom. The minimum absolute atomic E-state index is 0.198. The molecule has 1 aliphatic carbocycles. The molecule has 144 valence electrons. The van der Waals surface area contributed by atoms with Crippen LogP contribution >= 0.6 is 0 Å².